The number of fused-ring (bicyclic) bond motifs is 1. The molecular formula is C30H34N4O3. The third kappa shape index (κ3) is 5.58. The summed E-state index contributed by atoms with van der Waals surface area (Å²) in [6.45, 7) is 6.02. The van der Waals surface area contributed by atoms with Crippen molar-refractivity contribution in [1.29, 1.82) is 0 Å². The quantitative estimate of drug-likeness (QED) is 0.253. The molecule has 2 aromatic heterocycles. The Hall–Kier alpha value is -3.55. The van der Waals surface area contributed by atoms with Crippen LogP contribution in [0.5, 0.6) is 0 Å². The van der Waals surface area contributed by atoms with Crippen molar-refractivity contribution in [3.63, 3.8) is 0 Å². The summed E-state index contributed by atoms with van der Waals surface area (Å²) in [6.07, 6.45) is 5.30. The zero-order valence-electron chi connectivity index (χ0n) is 21.7. The summed E-state index contributed by atoms with van der Waals surface area (Å²) in [5.74, 6) is 0.765. The second-order valence-corrected chi connectivity index (χ2v) is 10.7. The number of rotatable bonds is 10. The minimum atomic E-state index is -0.792. The van der Waals surface area contributed by atoms with E-state index in [-0.39, 0.29) is 12.4 Å². The molecule has 1 aliphatic rings. The number of nitrogens with zero attached hydrogens (tertiary/aromatic N) is 3. The predicted molar refractivity (Wildman–Crippen MR) is 146 cm³/mol. The molecule has 1 aliphatic carbocycles. The lowest BCUT2D eigenvalue weighted by Crippen LogP contribution is -2.22. The number of Topliss-reactive ketones (excluding diaryl/α,β-unsaturated/α-hetero) is 1. The number of aliphatic hydroxyl groups excluding tert-OH is 1. The number of aliphatic hydroxyl groups is 2. The second kappa shape index (κ2) is 10.1. The molecule has 37 heavy (non-hydrogen) atoms. The fraction of sp³-hybridized carbons (Fsp3) is 0.367. The van der Waals surface area contributed by atoms with E-state index < -0.39 is 5.60 Å². The van der Waals surface area contributed by atoms with E-state index in [4.69, 9.17) is 5.10 Å². The molecule has 192 valence electrons. The van der Waals surface area contributed by atoms with Crippen LogP contribution in [0.25, 0.3) is 28.2 Å². The molecule has 0 unspecified atom stereocenters. The van der Waals surface area contributed by atoms with Crippen molar-refractivity contribution in [1.82, 2.24) is 14.6 Å². The molecule has 7 heteroatoms. The molecule has 0 spiro atoms. The molecule has 0 saturated heterocycles. The lowest BCUT2D eigenvalue weighted by Gasteiger charge is -2.18. The minimum Gasteiger partial charge on any atom is -0.392 e. The van der Waals surface area contributed by atoms with Crippen molar-refractivity contribution in [2.45, 2.75) is 58.7 Å². The monoisotopic (exact) mass is 498 g/mol. The molecule has 2 aromatic carbocycles. The zero-order chi connectivity index (χ0) is 26.2. The first-order chi connectivity index (χ1) is 17.7. The number of ketones is 1. The highest BCUT2D eigenvalue weighted by molar-refractivity contribution is 5.98. The van der Waals surface area contributed by atoms with Gasteiger partial charge in [0.15, 0.2) is 11.4 Å². The number of imidazole rings is 1. The van der Waals surface area contributed by atoms with E-state index in [0.717, 1.165) is 52.0 Å². The molecule has 7 nitrogen and oxygen atoms in total. The molecule has 2 heterocycles. The van der Waals surface area contributed by atoms with Crippen LogP contribution in [0, 0.1) is 12.8 Å². The maximum atomic E-state index is 12.7. The zero-order valence-corrected chi connectivity index (χ0v) is 21.7. The average Bonchev–Trinajstić information content (AvgIpc) is 3.57. The SMILES string of the molecule is Cc1cc(-c2cnc3c(NCCC(C)(C)O)cc(-c4ccccc4CO)nn23)ccc1C(=O)CC1CC1. The largest absolute Gasteiger partial charge is 0.392 e. The number of aromatic nitrogens is 3. The van der Waals surface area contributed by atoms with Gasteiger partial charge in [-0.15, -0.1) is 0 Å². The number of nitrogens with one attached hydrogen (secondary N) is 1. The molecule has 0 bridgehead atoms. The van der Waals surface area contributed by atoms with Gasteiger partial charge in [0.1, 0.15) is 0 Å². The Bertz CT molecular complexity index is 1450. The fourth-order valence-corrected chi connectivity index (χ4v) is 4.67. The van der Waals surface area contributed by atoms with Crippen LogP contribution in [0.2, 0.25) is 0 Å². The van der Waals surface area contributed by atoms with E-state index in [2.05, 4.69) is 10.3 Å². The molecule has 5 rings (SSSR count). The Morgan fingerprint density at radius 3 is 2.65 bits per heavy atom. The molecule has 3 N–H and O–H groups in total. The van der Waals surface area contributed by atoms with Crippen molar-refractivity contribution in [2.75, 3.05) is 11.9 Å². The highest BCUT2D eigenvalue weighted by atomic mass is 16.3. The minimum absolute atomic E-state index is 0.0936. The third-order valence-electron chi connectivity index (χ3n) is 6.98. The van der Waals surface area contributed by atoms with E-state index in [9.17, 15) is 15.0 Å². The van der Waals surface area contributed by atoms with E-state index in [1.54, 1.807) is 20.0 Å². The number of aryl methyl sites for hydroxylation is 1. The van der Waals surface area contributed by atoms with Gasteiger partial charge >= 0.3 is 0 Å². The maximum Gasteiger partial charge on any atom is 0.177 e. The van der Waals surface area contributed by atoms with Gasteiger partial charge in [-0.3, -0.25) is 4.79 Å². The summed E-state index contributed by atoms with van der Waals surface area (Å²) in [7, 11) is 0. The Morgan fingerprint density at radius 1 is 1.16 bits per heavy atom. The van der Waals surface area contributed by atoms with Gasteiger partial charge in [0.25, 0.3) is 0 Å². The van der Waals surface area contributed by atoms with Crippen molar-refractivity contribution in [3.8, 4) is 22.5 Å². The number of benzene rings is 2. The number of anilines is 1. The number of hydrogen-bond acceptors (Lipinski definition) is 6. The molecule has 0 amide bonds. The topological polar surface area (TPSA) is 99.8 Å². The summed E-state index contributed by atoms with van der Waals surface area (Å²) in [5, 5.41) is 28.5. The van der Waals surface area contributed by atoms with Crippen LogP contribution >= 0.6 is 0 Å². The molecule has 1 saturated carbocycles. The van der Waals surface area contributed by atoms with Gasteiger partial charge in [0.2, 0.25) is 0 Å². The van der Waals surface area contributed by atoms with Gasteiger partial charge in [-0.1, -0.05) is 36.4 Å². The molecular weight excluding hydrogens is 464 g/mol. The molecule has 4 aromatic rings. The third-order valence-corrected chi connectivity index (χ3v) is 6.98. The highest BCUT2D eigenvalue weighted by Crippen LogP contribution is 2.35. The van der Waals surface area contributed by atoms with Gasteiger partial charge in [0.05, 0.1) is 35.5 Å². The number of carbonyl (C=O) groups excluding carboxylic acids is 1. The van der Waals surface area contributed by atoms with Crippen LogP contribution in [0.4, 0.5) is 5.69 Å². The summed E-state index contributed by atoms with van der Waals surface area (Å²) in [5.41, 5.74) is 6.47. The molecule has 0 radical (unpaired) electrons. The van der Waals surface area contributed by atoms with E-state index in [0.29, 0.717) is 36.6 Å². The van der Waals surface area contributed by atoms with Crippen LogP contribution < -0.4 is 5.32 Å². The first-order valence-electron chi connectivity index (χ1n) is 12.9. The Kier molecular flexibility index (Phi) is 6.84. The van der Waals surface area contributed by atoms with E-state index in [1.165, 1.54) is 0 Å². The van der Waals surface area contributed by atoms with Crippen molar-refractivity contribution >= 4 is 17.1 Å². The number of carbonyl (C=O) groups is 1. The molecule has 1 fully saturated rings. The van der Waals surface area contributed by atoms with Crippen LogP contribution in [0.1, 0.15) is 61.0 Å². The highest BCUT2D eigenvalue weighted by Gasteiger charge is 2.26. The lowest BCUT2D eigenvalue weighted by atomic mass is 9.98. The summed E-state index contributed by atoms with van der Waals surface area (Å²) >= 11 is 0. The van der Waals surface area contributed by atoms with Gasteiger partial charge in [-0.05, 0) is 69.2 Å². The van der Waals surface area contributed by atoms with Crippen LogP contribution in [0.3, 0.4) is 0 Å². The smallest absolute Gasteiger partial charge is 0.177 e. The first kappa shape index (κ1) is 25.1. The van der Waals surface area contributed by atoms with E-state index >= 15 is 0 Å². The maximum absolute atomic E-state index is 12.7. The first-order valence-corrected chi connectivity index (χ1v) is 12.9. The lowest BCUT2D eigenvalue weighted by molar-refractivity contribution is 0.0748. The van der Waals surface area contributed by atoms with Crippen molar-refractivity contribution in [2.24, 2.45) is 5.92 Å². The van der Waals surface area contributed by atoms with Crippen LogP contribution in [0.15, 0.2) is 54.7 Å². The predicted octanol–water partition coefficient (Wildman–Crippen LogP) is 5.42. The van der Waals surface area contributed by atoms with E-state index in [1.807, 2.05) is 60.0 Å². The summed E-state index contributed by atoms with van der Waals surface area (Å²) in [4.78, 5) is 17.4. The summed E-state index contributed by atoms with van der Waals surface area (Å²) < 4.78 is 1.82. The molecule has 0 aliphatic heterocycles. The van der Waals surface area contributed by atoms with Gasteiger partial charge in [0, 0.05) is 29.7 Å². The Morgan fingerprint density at radius 2 is 1.95 bits per heavy atom. The average molecular weight is 499 g/mol. The van der Waals surface area contributed by atoms with Gasteiger partial charge in [-0.2, -0.15) is 5.10 Å². The molecule has 0 atom stereocenters. The Balaban J connectivity index is 1.57. The van der Waals surface area contributed by atoms with Crippen LogP contribution in [-0.2, 0) is 6.61 Å². The van der Waals surface area contributed by atoms with Crippen molar-refractivity contribution < 1.29 is 15.0 Å². The second-order valence-electron chi connectivity index (χ2n) is 10.7. The van der Waals surface area contributed by atoms with Crippen molar-refractivity contribution in [3.05, 3.63) is 71.4 Å². The van der Waals surface area contributed by atoms with Crippen LogP contribution in [-0.4, -0.2) is 42.7 Å². The van der Waals surface area contributed by atoms with Gasteiger partial charge in [-0.25, -0.2) is 9.50 Å². The normalized spacial score (nSPS) is 13.8. The summed E-state index contributed by atoms with van der Waals surface area (Å²) in [6, 6.07) is 15.5. The van der Waals surface area contributed by atoms with Gasteiger partial charge < -0.3 is 15.5 Å². The fourth-order valence-electron chi connectivity index (χ4n) is 4.67. The number of hydrogen-bond donors (Lipinski definition) is 3. The standard InChI is InChI=1S/C30H34N4O3/c1-19-14-21(10-11-23(19)28(36)15-20-8-9-20)27-17-32-29-26(31-13-12-30(2,3)37)16-25(33-34(27)29)24-7-5-4-6-22(24)18-35/h4-7,10-11,14,16-17,20,31,35,37H,8-9,12-13,15,18H2,1-3H3. The Labute approximate surface area is 217 Å².